The van der Waals surface area contributed by atoms with E-state index in [-0.39, 0.29) is 35.6 Å². The van der Waals surface area contributed by atoms with E-state index in [1.807, 2.05) is 0 Å². The van der Waals surface area contributed by atoms with E-state index >= 15 is 0 Å². The van der Waals surface area contributed by atoms with Gasteiger partial charge in [-0.15, -0.1) is 0 Å². The van der Waals surface area contributed by atoms with E-state index < -0.39 is 10.0 Å². The van der Waals surface area contributed by atoms with Gasteiger partial charge in [-0.3, -0.25) is 4.79 Å². The third-order valence-electron chi connectivity index (χ3n) is 4.06. The Morgan fingerprint density at radius 1 is 1.21 bits per heavy atom. The van der Waals surface area contributed by atoms with Crippen molar-refractivity contribution in [2.24, 2.45) is 5.92 Å². The number of methoxy groups -OCH3 is 2. The van der Waals surface area contributed by atoms with Gasteiger partial charge in [0.1, 0.15) is 16.4 Å². The zero-order chi connectivity index (χ0) is 17.7. The lowest BCUT2D eigenvalue weighted by Crippen LogP contribution is -2.40. The number of nitrogens with zero attached hydrogens (tertiary/aromatic N) is 1. The van der Waals surface area contributed by atoms with E-state index in [1.165, 1.54) is 24.6 Å². The summed E-state index contributed by atoms with van der Waals surface area (Å²) in [5.41, 5.74) is 0. The lowest BCUT2D eigenvalue weighted by atomic mass is 9.98. The van der Waals surface area contributed by atoms with Crippen molar-refractivity contribution >= 4 is 16.0 Å². The highest BCUT2D eigenvalue weighted by Crippen LogP contribution is 2.32. The molecule has 1 aliphatic heterocycles. The zero-order valence-corrected chi connectivity index (χ0v) is 15.0. The fourth-order valence-corrected chi connectivity index (χ4v) is 4.36. The van der Waals surface area contributed by atoms with E-state index in [0.717, 1.165) is 0 Å². The number of esters is 1. The SMILES string of the molecule is CCOC(=O)C1CCN(S(=O)(=O)c2cc(OC)ccc2OC)CC1. The topological polar surface area (TPSA) is 82.1 Å². The van der Waals surface area contributed by atoms with E-state index in [2.05, 4.69) is 0 Å². The second-order valence-corrected chi connectivity index (χ2v) is 7.35. The van der Waals surface area contributed by atoms with Crippen LogP contribution in [0.15, 0.2) is 23.1 Å². The van der Waals surface area contributed by atoms with Gasteiger partial charge in [0.25, 0.3) is 0 Å². The van der Waals surface area contributed by atoms with Crippen LogP contribution in [-0.4, -0.2) is 52.6 Å². The number of benzene rings is 1. The molecule has 2 rings (SSSR count). The van der Waals surface area contributed by atoms with Crippen molar-refractivity contribution in [2.45, 2.75) is 24.7 Å². The lowest BCUT2D eigenvalue weighted by molar-refractivity contribution is -0.149. The molecule has 1 heterocycles. The van der Waals surface area contributed by atoms with Crippen LogP contribution in [-0.2, 0) is 19.6 Å². The average Bonchev–Trinajstić information content (AvgIpc) is 2.61. The standard InChI is InChI=1S/C16H23NO6S/c1-4-23-16(18)12-7-9-17(10-8-12)24(19,20)15-11-13(21-2)5-6-14(15)22-3/h5-6,11-12H,4,7-10H2,1-3H3. The number of hydrogen-bond acceptors (Lipinski definition) is 6. The Hall–Kier alpha value is -1.80. The van der Waals surface area contributed by atoms with Crippen molar-refractivity contribution in [3.63, 3.8) is 0 Å². The normalized spacial score (nSPS) is 16.6. The van der Waals surface area contributed by atoms with E-state index in [0.29, 0.717) is 25.2 Å². The number of carbonyl (C=O) groups is 1. The molecule has 0 spiro atoms. The molecule has 1 aliphatic rings. The summed E-state index contributed by atoms with van der Waals surface area (Å²) in [6.07, 6.45) is 0.898. The molecule has 0 amide bonds. The Labute approximate surface area is 142 Å². The average molecular weight is 357 g/mol. The summed E-state index contributed by atoms with van der Waals surface area (Å²) < 4.78 is 42.5. The number of carbonyl (C=O) groups excluding carboxylic acids is 1. The van der Waals surface area contributed by atoms with Crippen LogP contribution < -0.4 is 9.47 Å². The minimum absolute atomic E-state index is 0.0685. The Morgan fingerprint density at radius 2 is 1.88 bits per heavy atom. The molecule has 8 heteroatoms. The van der Waals surface area contributed by atoms with Crippen LogP contribution in [0, 0.1) is 5.92 Å². The molecule has 1 aromatic rings. The first kappa shape index (κ1) is 18.5. The van der Waals surface area contributed by atoms with Crippen molar-refractivity contribution in [3.8, 4) is 11.5 Å². The van der Waals surface area contributed by atoms with Crippen LogP contribution in [0.3, 0.4) is 0 Å². The number of ether oxygens (including phenoxy) is 3. The van der Waals surface area contributed by atoms with Gasteiger partial charge >= 0.3 is 5.97 Å². The summed E-state index contributed by atoms with van der Waals surface area (Å²) in [6.45, 7) is 2.63. The molecular weight excluding hydrogens is 334 g/mol. The summed E-state index contributed by atoms with van der Waals surface area (Å²) in [4.78, 5) is 11.9. The van der Waals surface area contributed by atoms with Gasteiger partial charge in [0.2, 0.25) is 10.0 Å². The molecule has 0 unspecified atom stereocenters. The first-order valence-corrected chi connectivity index (χ1v) is 9.26. The molecule has 0 N–H and O–H groups in total. The quantitative estimate of drug-likeness (QED) is 0.720. The van der Waals surface area contributed by atoms with Gasteiger partial charge in [0, 0.05) is 19.2 Å². The minimum Gasteiger partial charge on any atom is -0.497 e. The maximum Gasteiger partial charge on any atom is 0.309 e. The highest BCUT2D eigenvalue weighted by atomic mass is 32.2. The molecule has 24 heavy (non-hydrogen) atoms. The lowest BCUT2D eigenvalue weighted by Gasteiger charge is -2.30. The molecule has 0 aliphatic carbocycles. The zero-order valence-electron chi connectivity index (χ0n) is 14.1. The first-order valence-electron chi connectivity index (χ1n) is 7.82. The molecule has 0 saturated carbocycles. The molecular formula is C16H23NO6S. The van der Waals surface area contributed by atoms with Crippen molar-refractivity contribution in [1.82, 2.24) is 4.31 Å². The summed E-state index contributed by atoms with van der Waals surface area (Å²) >= 11 is 0. The van der Waals surface area contributed by atoms with Crippen LogP contribution in [0.25, 0.3) is 0 Å². The monoisotopic (exact) mass is 357 g/mol. The van der Waals surface area contributed by atoms with Crippen molar-refractivity contribution in [1.29, 1.82) is 0 Å². The van der Waals surface area contributed by atoms with Gasteiger partial charge in [0.15, 0.2) is 0 Å². The number of hydrogen-bond donors (Lipinski definition) is 0. The summed E-state index contributed by atoms with van der Waals surface area (Å²) in [7, 11) is -0.823. The van der Waals surface area contributed by atoms with Crippen LogP contribution in [0.1, 0.15) is 19.8 Å². The summed E-state index contributed by atoms with van der Waals surface area (Å²) in [5, 5.41) is 0. The summed E-state index contributed by atoms with van der Waals surface area (Å²) in [6, 6.07) is 4.66. The molecule has 0 bridgehead atoms. The third-order valence-corrected chi connectivity index (χ3v) is 5.98. The number of piperidine rings is 1. The first-order chi connectivity index (χ1) is 11.4. The van der Waals surface area contributed by atoms with E-state index in [4.69, 9.17) is 14.2 Å². The van der Waals surface area contributed by atoms with Gasteiger partial charge in [-0.1, -0.05) is 0 Å². The fraction of sp³-hybridized carbons (Fsp3) is 0.562. The van der Waals surface area contributed by atoms with Gasteiger partial charge in [-0.05, 0) is 31.9 Å². The predicted molar refractivity (Wildman–Crippen MR) is 87.7 cm³/mol. The Kier molecular flexibility index (Phi) is 6.06. The van der Waals surface area contributed by atoms with E-state index in [9.17, 15) is 13.2 Å². The van der Waals surface area contributed by atoms with Crippen LogP contribution in [0.5, 0.6) is 11.5 Å². The second kappa shape index (κ2) is 7.85. The van der Waals surface area contributed by atoms with Crippen LogP contribution in [0.4, 0.5) is 0 Å². The van der Waals surface area contributed by atoms with E-state index in [1.54, 1.807) is 19.1 Å². The van der Waals surface area contributed by atoms with Crippen LogP contribution in [0.2, 0.25) is 0 Å². The van der Waals surface area contributed by atoms with Crippen molar-refractivity contribution < 1.29 is 27.4 Å². The number of sulfonamides is 1. The fourth-order valence-electron chi connectivity index (χ4n) is 2.72. The van der Waals surface area contributed by atoms with Crippen LogP contribution >= 0.6 is 0 Å². The molecule has 1 saturated heterocycles. The number of rotatable bonds is 6. The predicted octanol–water partition coefficient (Wildman–Crippen LogP) is 1.67. The second-order valence-electron chi connectivity index (χ2n) is 5.45. The molecule has 0 atom stereocenters. The summed E-state index contributed by atoms with van der Waals surface area (Å²) in [5.74, 6) is 0.205. The molecule has 134 valence electrons. The highest BCUT2D eigenvalue weighted by Gasteiger charge is 2.34. The molecule has 0 aromatic heterocycles. The molecule has 1 aromatic carbocycles. The van der Waals surface area contributed by atoms with Crippen molar-refractivity contribution in [2.75, 3.05) is 33.9 Å². The third kappa shape index (κ3) is 3.81. The Balaban J connectivity index is 2.19. The molecule has 7 nitrogen and oxygen atoms in total. The highest BCUT2D eigenvalue weighted by molar-refractivity contribution is 7.89. The largest absolute Gasteiger partial charge is 0.497 e. The smallest absolute Gasteiger partial charge is 0.309 e. The van der Waals surface area contributed by atoms with Crippen molar-refractivity contribution in [3.05, 3.63) is 18.2 Å². The maximum atomic E-state index is 12.9. The minimum atomic E-state index is -3.72. The van der Waals surface area contributed by atoms with Gasteiger partial charge < -0.3 is 14.2 Å². The molecule has 0 radical (unpaired) electrons. The molecule has 1 fully saturated rings. The maximum absolute atomic E-state index is 12.9. The Bertz CT molecular complexity index is 680. The van der Waals surface area contributed by atoms with Gasteiger partial charge in [-0.25, -0.2) is 8.42 Å². The Morgan fingerprint density at radius 3 is 2.42 bits per heavy atom. The van der Waals surface area contributed by atoms with Gasteiger partial charge in [-0.2, -0.15) is 4.31 Å². The van der Waals surface area contributed by atoms with Gasteiger partial charge in [0.05, 0.1) is 26.7 Å².